The molecule has 0 radical (unpaired) electrons. The van der Waals surface area contributed by atoms with E-state index in [0.717, 1.165) is 37.2 Å². The number of nitrogens with zero attached hydrogens (tertiary/aromatic N) is 3. The van der Waals surface area contributed by atoms with Gasteiger partial charge in [-0.15, -0.1) is 0 Å². The molecule has 0 spiro atoms. The summed E-state index contributed by atoms with van der Waals surface area (Å²) >= 11 is 0. The summed E-state index contributed by atoms with van der Waals surface area (Å²) in [7, 11) is 0. The number of amides is 2. The molecule has 1 aromatic heterocycles. The van der Waals surface area contributed by atoms with Crippen LogP contribution in [0.1, 0.15) is 34.9 Å². The van der Waals surface area contributed by atoms with Crippen molar-refractivity contribution in [1.82, 2.24) is 20.4 Å². The maximum absolute atomic E-state index is 12.3. The Morgan fingerprint density at radius 2 is 2.19 bits per heavy atom. The van der Waals surface area contributed by atoms with Gasteiger partial charge in [-0.3, -0.25) is 14.3 Å². The van der Waals surface area contributed by atoms with E-state index in [1.807, 2.05) is 35.1 Å². The van der Waals surface area contributed by atoms with E-state index >= 15 is 0 Å². The van der Waals surface area contributed by atoms with Gasteiger partial charge in [0.05, 0.1) is 12.5 Å². The summed E-state index contributed by atoms with van der Waals surface area (Å²) in [5.41, 5.74) is 2.41. The number of piperidine rings is 1. The summed E-state index contributed by atoms with van der Waals surface area (Å²) in [5, 5.41) is 10.6. The molecule has 0 saturated carbocycles. The van der Waals surface area contributed by atoms with E-state index in [9.17, 15) is 9.59 Å². The Bertz CT molecular complexity index is 810. The van der Waals surface area contributed by atoms with E-state index in [0.29, 0.717) is 31.2 Å². The van der Waals surface area contributed by atoms with Gasteiger partial charge in [-0.2, -0.15) is 5.10 Å². The average molecular weight is 353 g/mol. The normalized spacial score (nSPS) is 19.5. The van der Waals surface area contributed by atoms with Crippen LogP contribution in [0, 0.1) is 0 Å². The number of carbonyl (C=O) groups is 2. The van der Waals surface area contributed by atoms with Gasteiger partial charge in [0.1, 0.15) is 5.69 Å². The number of nitrogens with one attached hydrogen (secondary N) is 2. The van der Waals surface area contributed by atoms with Crippen LogP contribution in [0.25, 0.3) is 0 Å². The highest BCUT2D eigenvalue weighted by atomic mass is 16.2. The molecule has 2 aromatic rings. The van der Waals surface area contributed by atoms with Gasteiger partial charge in [0, 0.05) is 31.5 Å². The number of carbonyl (C=O) groups excluding carboxylic acids is 2. The van der Waals surface area contributed by atoms with Gasteiger partial charge in [-0.1, -0.05) is 18.2 Å². The van der Waals surface area contributed by atoms with Crippen molar-refractivity contribution in [3.05, 3.63) is 47.8 Å². The SMILES string of the molecule is O=C(NCCN1C(=O)Cc2ccccc21)c1ccn(C2CCCNC2)n1. The predicted molar refractivity (Wildman–Crippen MR) is 98.2 cm³/mol. The number of anilines is 1. The van der Waals surface area contributed by atoms with Crippen LogP contribution < -0.4 is 15.5 Å². The van der Waals surface area contributed by atoms with Crippen molar-refractivity contribution < 1.29 is 9.59 Å². The molecule has 2 amide bonds. The van der Waals surface area contributed by atoms with Crippen LogP contribution in [-0.2, 0) is 11.2 Å². The molecule has 7 nitrogen and oxygen atoms in total. The van der Waals surface area contributed by atoms with Crippen molar-refractivity contribution in [2.24, 2.45) is 0 Å². The number of aromatic nitrogens is 2. The van der Waals surface area contributed by atoms with E-state index in [4.69, 9.17) is 0 Å². The van der Waals surface area contributed by atoms with Crippen LogP contribution in [-0.4, -0.2) is 47.8 Å². The zero-order valence-electron chi connectivity index (χ0n) is 14.6. The van der Waals surface area contributed by atoms with Crippen molar-refractivity contribution in [3.8, 4) is 0 Å². The smallest absolute Gasteiger partial charge is 0.271 e. The molecule has 136 valence electrons. The number of para-hydroxylation sites is 1. The van der Waals surface area contributed by atoms with Crippen molar-refractivity contribution in [2.75, 3.05) is 31.1 Å². The van der Waals surface area contributed by atoms with Gasteiger partial charge in [0.25, 0.3) is 5.91 Å². The first kappa shape index (κ1) is 16.8. The lowest BCUT2D eigenvalue weighted by atomic mass is 10.1. The topological polar surface area (TPSA) is 79.3 Å². The Morgan fingerprint density at radius 1 is 1.31 bits per heavy atom. The third kappa shape index (κ3) is 3.35. The second kappa shape index (κ2) is 7.29. The van der Waals surface area contributed by atoms with Gasteiger partial charge in [0.2, 0.25) is 5.91 Å². The minimum absolute atomic E-state index is 0.0783. The first-order valence-corrected chi connectivity index (χ1v) is 9.15. The molecule has 1 saturated heterocycles. The largest absolute Gasteiger partial charge is 0.349 e. The van der Waals surface area contributed by atoms with E-state index in [2.05, 4.69) is 15.7 Å². The van der Waals surface area contributed by atoms with Crippen LogP contribution in [0.4, 0.5) is 5.69 Å². The molecule has 1 fully saturated rings. The fourth-order valence-corrected chi connectivity index (χ4v) is 3.66. The lowest BCUT2D eigenvalue weighted by Crippen LogP contribution is -2.37. The summed E-state index contributed by atoms with van der Waals surface area (Å²) in [6.07, 6.45) is 4.50. The Morgan fingerprint density at radius 3 is 3.04 bits per heavy atom. The van der Waals surface area contributed by atoms with Crippen LogP contribution in [0.2, 0.25) is 0 Å². The van der Waals surface area contributed by atoms with Crippen LogP contribution in [0.15, 0.2) is 36.5 Å². The van der Waals surface area contributed by atoms with E-state index in [1.165, 1.54) is 0 Å². The molecule has 2 N–H and O–H groups in total. The molecule has 1 atom stereocenters. The van der Waals surface area contributed by atoms with Crippen LogP contribution >= 0.6 is 0 Å². The molecular weight excluding hydrogens is 330 g/mol. The summed E-state index contributed by atoms with van der Waals surface area (Å²) in [6, 6.07) is 9.84. The lowest BCUT2D eigenvalue weighted by molar-refractivity contribution is -0.117. The monoisotopic (exact) mass is 353 g/mol. The summed E-state index contributed by atoms with van der Waals surface area (Å²) < 4.78 is 1.88. The van der Waals surface area contributed by atoms with Crippen molar-refractivity contribution in [1.29, 1.82) is 0 Å². The molecule has 26 heavy (non-hydrogen) atoms. The van der Waals surface area contributed by atoms with Crippen molar-refractivity contribution in [2.45, 2.75) is 25.3 Å². The Balaban J connectivity index is 1.32. The molecule has 2 aliphatic rings. The quantitative estimate of drug-likeness (QED) is 0.844. The molecular formula is C19H23N5O2. The van der Waals surface area contributed by atoms with Gasteiger partial charge in [-0.25, -0.2) is 0 Å². The lowest BCUT2D eigenvalue weighted by Gasteiger charge is -2.22. The number of fused-ring (bicyclic) bond motifs is 1. The standard InChI is InChI=1S/C19H23N5O2/c25-18-12-14-4-1-2-6-17(14)23(18)11-9-21-19(26)16-7-10-24(22-16)15-5-3-8-20-13-15/h1-2,4,6-7,10,15,20H,3,5,8-9,11-13H2,(H,21,26). The highest BCUT2D eigenvalue weighted by molar-refractivity contribution is 6.01. The van der Waals surface area contributed by atoms with Gasteiger partial charge in [0.15, 0.2) is 0 Å². The summed E-state index contributed by atoms with van der Waals surface area (Å²) in [6.45, 7) is 2.80. The Hall–Kier alpha value is -2.67. The number of hydrogen-bond acceptors (Lipinski definition) is 4. The number of rotatable bonds is 5. The minimum Gasteiger partial charge on any atom is -0.349 e. The zero-order chi connectivity index (χ0) is 17.9. The van der Waals surface area contributed by atoms with Gasteiger partial charge < -0.3 is 15.5 Å². The fraction of sp³-hybridized carbons (Fsp3) is 0.421. The second-order valence-corrected chi connectivity index (χ2v) is 6.79. The molecule has 1 aromatic carbocycles. The summed E-state index contributed by atoms with van der Waals surface area (Å²) in [5.74, 6) is -0.123. The first-order valence-electron chi connectivity index (χ1n) is 9.15. The second-order valence-electron chi connectivity index (χ2n) is 6.79. The van der Waals surface area contributed by atoms with Gasteiger partial charge in [-0.05, 0) is 37.1 Å². The predicted octanol–water partition coefficient (Wildman–Crippen LogP) is 1.13. The van der Waals surface area contributed by atoms with Crippen molar-refractivity contribution in [3.63, 3.8) is 0 Å². The highest BCUT2D eigenvalue weighted by Crippen LogP contribution is 2.27. The highest BCUT2D eigenvalue weighted by Gasteiger charge is 2.26. The molecule has 3 heterocycles. The summed E-state index contributed by atoms with van der Waals surface area (Å²) in [4.78, 5) is 26.2. The zero-order valence-corrected chi connectivity index (χ0v) is 14.6. The van der Waals surface area contributed by atoms with Crippen molar-refractivity contribution >= 4 is 17.5 Å². The Kier molecular flexibility index (Phi) is 4.71. The van der Waals surface area contributed by atoms with E-state index in [1.54, 1.807) is 11.0 Å². The third-order valence-electron chi connectivity index (χ3n) is 5.03. The third-order valence-corrected chi connectivity index (χ3v) is 5.03. The molecule has 4 rings (SSSR count). The first-order chi connectivity index (χ1) is 12.7. The Labute approximate surface area is 152 Å². The molecule has 2 aliphatic heterocycles. The van der Waals surface area contributed by atoms with E-state index in [-0.39, 0.29) is 11.8 Å². The average Bonchev–Trinajstić information content (AvgIpc) is 3.28. The van der Waals surface area contributed by atoms with Crippen LogP contribution in [0.5, 0.6) is 0 Å². The maximum Gasteiger partial charge on any atom is 0.271 e. The minimum atomic E-state index is -0.201. The molecule has 0 bridgehead atoms. The molecule has 7 heteroatoms. The maximum atomic E-state index is 12.3. The fourth-order valence-electron chi connectivity index (χ4n) is 3.66. The van der Waals surface area contributed by atoms with E-state index < -0.39 is 0 Å². The number of benzene rings is 1. The molecule has 0 aliphatic carbocycles. The van der Waals surface area contributed by atoms with Gasteiger partial charge >= 0.3 is 0 Å². The van der Waals surface area contributed by atoms with Crippen LogP contribution in [0.3, 0.4) is 0 Å². The molecule has 1 unspecified atom stereocenters. The number of hydrogen-bond donors (Lipinski definition) is 2.